The third-order valence-corrected chi connectivity index (χ3v) is 3.40. The first-order valence-corrected chi connectivity index (χ1v) is 6.81. The largest absolute Gasteiger partial charge is 0.379 e. The molecular weight excluding hydrogens is 258 g/mol. The molecule has 1 aliphatic carbocycles. The minimum absolute atomic E-state index is 0.0579. The number of benzene rings is 1. The van der Waals surface area contributed by atoms with E-state index in [-0.39, 0.29) is 11.6 Å². The van der Waals surface area contributed by atoms with Crippen LogP contribution in [0.2, 0.25) is 0 Å². The smallest absolute Gasteiger partial charge is 0.293 e. The van der Waals surface area contributed by atoms with Crippen LogP contribution in [-0.4, -0.2) is 35.9 Å². The van der Waals surface area contributed by atoms with E-state index in [1.54, 1.807) is 24.1 Å². The Morgan fingerprint density at radius 1 is 1.50 bits per heavy atom. The van der Waals surface area contributed by atoms with Gasteiger partial charge < -0.3 is 10.2 Å². The van der Waals surface area contributed by atoms with Crippen LogP contribution in [-0.2, 0) is 0 Å². The fourth-order valence-corrected chi connectivity index (χ4v) is 2.21. The number of amides is 1. The van der Waals surface area contributed by atoms with Gasteiger partial charge in [0.15, 0.2) is 0 Å². The molecule has 0 spiro atoms. The van der Waals surface area contributed by atoms with E-state index in [1.165, 1.54) is 6.07 Å². The number of nitrogens with zero attached hydrogens (tertiary/aromatic N) is 2. The Labute approximate surface area is 117 Å². The Morgan fingerprint density at radius 3 is 2.75 bits per heavy atom. The Morgan fingerprint density at radius 2 is 2.20 bits per heavy atom. The van der Waals surface area contributed by atoms with Gasteiger partial charge in [0.25, 0.3) is 11.6 Å². The van der Waals surface area contributed by atoms with Crippen molar-refractivity contribution >= 4 is 17.3 Å². The van der Waals surface area contributed by atoms with Crippen molar-refractivity contribution in [3.05, 3.63) is 33.9 Å². The molecule has 2 rings (SSSR count). The van der Waals surface area contributed by atoms with Crippen LogP contribution in [0.25, 0.3) is 0 Å². The summed E-state index contributed by atoms with van der Waals surface area (Å²) >= 11 is 0. The van der Waals surface area contributed by atoms with E-state index in [9.17, 15) is 14.9 Å². The van der Waals surface area contributed by atoms with Gasteiger partial charge in [-0.15, -0.1) is 0 Å². The molecule has 6 heteroatoms. The summed E-state index contributed by atoms with van der Waals surface area (Å²) in [7, 11) is 1.75. The average Bonchev–Trinajstić information content (AvgIpc) is 3.22. The van der Waals surface area contributed by atoms with E-state index in [4.69, 9.17) is 0 Å². The van der Waals surface area contributed by atoms with Crippen molar-refractivity contribution in [2.75, 3.05) is 25.5 Å². The van der Waals surface area contributed by atoms with Gasteiger partial charge in [0, 0.05) is 26.2 Å². The van der Waals surface area contributed by atoms with Crippen molar-refractivity contribution in [3.8, 4) is 0 Å². The van der Waals surface area contributed by atoms with Gasteiger partial charge in [-0.2, -0.15) is 0 Å². The minimum Gasteiger partial charge on any atom is -0.379 e. The predicted molar refractivity (Wildman–Crippen MR) is 76.9 cm³/mol. The quantitative estimate of drug-likeness (QED) is 0.640. The van der Waals surface area contributed by atoms with Crippen LogP contribution >= 0.6 is 0 Å². The Kier molecular flexibility index (Phi) is 4.22. The summed E-state index contributed by atoms with van der Waals surface area (Å²) in [5.41, 5.74) is 0.620. The molecule has 0 unspecified atom stereocenters. The lowest BCUT2D eigenvalue weighted by atomic mass is 10.1. The van der Waals surface area contributed by atoms with Crippen LogP contribution in [0.3, 0.4) is 0 Å². The molecule has 1 aliphatic rings. The van der Waals surface area contributed by atoms with Crippen molar-refractivity contribution in [2.45, 2.75) is 19.8 Å². The maximum atomic E-state index is 12.4. The molecule has 0 saturated heterocycles. The summed E-state index contributed by atoms with van der Waals surface area (Å²) < 4.78 is 0. The number of anilines is 1. The zero-order valence-electron chi connectivity index (χ0n) is 11.8. The lowest BCUT2D eigenvalue weighted by Crippen LogP contribution is -2.29. The van der Waals surface area contributed by atoms with E-state index in [0.717, 1.165) is 12.8 Å². The molecule has 0 aromatic heterocycles. The molecule has 1 aromatic carbocycles. The van der Waals surface area contributed by atoms with Gasteiger partial charge in [0.2, 0.25) is 0 Å². The number of rotatable bonds is 6. The van der Waals surface area contributed by atoms with Crippen LogP contribution in [0.4, 0.5) is 11.4 Å². The maximum Gasteiger partial charge on any atom is 0.293 e. The number of nitro groups is 1. The molecule has 0 aliphatic heterocycles. The Hall–Kier alpha value is -2.11. The van der Waals surface area contributed by atoms with Crippen molar-refractivity contribution < 1.29 is 9.72 Å². The highest BCUT2D eigenvalue weighted by atomic mass is 16.6. The second-order valence-corrected chi connectivity index (χ2v) is 5.12. The van der Waals surface area contributed by atoms with Gasteiger partial charge in [-0.1, -0.05) is 6.07 Å². The Balaban J connectivity index is 2.30. The summed E-state index contributed by atoms with van der Waals surface area (Å²) in [5, 5.41) is 14.0. The van der Waals surface area contributed by atoms with Crippen LogP contribution in [0.15, 0.2) is 18.2 Å². The molecule has 0 radical (unpaired) electrons. The number of hydrogen-bond donors (Lipinski definition) is 1. The van der Waals surface area contributed by atoms with Gasteiger partial charge in [-0.05, 0) is 31.7 Å². The predicted octanol–water partition coefficient (Wildman–Crippen LogP) is 2.51. The fourth-order valence-electron chi connectivity index (χ4n) is 2.21. The molecule has 20 heavy (non-hydrogen) atoms. The molecule has 108 valence electrons. The van der Waals surface area contributed by atoms with Gasteiger partial charge in [-0.25, -0.2) is 0 Å². The first-order valence-electron chi connectivity index (χ1n) is 6.81. The van der Waals surface area contributed by atoms with E-state index >= 15 is 0 Å². The second kappa shape index (κ2) is 5.90. The monoisotopic (exact) mass is 277 g/mol. The molecule has 1 saturated carbocycles. The highest BCUT2D eigenvalue weighted by molar-refractivity contribution is 6.01. The number of para-hydroxylation sites is 1. The highest BCUT2D eigenvalue weighted by Gasteiger charge is 2.28. The third kappa shape index (κ3) is 3.07. The third-order valence-electron chi connectivity index (χ3n) is 3.40. The van der Waals surface area contributed by atoms with E-state index in [0.29, 0.717) is 30.3 Å². The summed E-state index contributed by atoms with van der Waals surface area (Å²) in [6.07, 6.45) is 2.32. The van der Waals surface area contributed by atoms with E-state index in [1.807, 2.05) is 6.92 Å². The van der Waals surface area contributed by atoms with Crippen molar-refractivity contribution in [2.24, 2.45) is 5.92 Å². The summed E-state index contributed by atoms with van der Waals surface area (Å²) in [5.74, 6) is 0.418. The maximum absolute atomic E-state index is 12.4. The molecule has 0 atom stereocenters. The van der Waals surface area contributed by atoms with Crippen LogP contribution < -0.4 is 5.32 Å². The zero-order chi connectivity index (χ0) is 14.7. The topological polar surface area (TPSA) is 75.5 Å². The highest BCUT2D eigenvalue weighted by Crippen LogP contribution is 2.32. The van der Waals surface area contributed by atoms with Gasteiger partial charge in [0.1, 0.15) is 5.69 Å². The molecule has 0 heterocycles. The second-order valence-electron chi connectivity index (χ2n) is 5.12. The van der Waals surface area contributed by atoms with Crippen LogP contribution in [0.5, 0.6) is 0 Å². The summed E-state index contributed by atoms with van der Waals surface area (Å²) in [6.45, 7) is 3.09. The van der Waals surface area contributed by atoms with Gasteiger partial charge in [0.05, 0.1) is 10.5 Å². The lowest BCUT2D eigenvalue weighted by Gasteiger charge is -2.19. The lowest BCUT2D eigenvalue weighted by molar-refractivity contribution is -0.384. The Bertz CT molecular complexity index is 526. The van der Waals surface area contributed by atoms with E-state index in [2.05, 4.69) is 5.32 Å². The number of hydrogen-bond acceptors (Lipinski definition) is 4. The van der Waals surface area contributed by atoms with Gasteiger partial charge >= 0.3 is 0 Å². The van der Waals surface area contributed by atoms with Crippen molar-refractivity contribution in [3.63, 3.8) is 0 Å². The number of carbonyl (C=O) groups excluding carboxylic acids is 1. The molecule has 6 nitrogen and oxygen atoms in total. The molecule has 1 amide bonds. The molecule has 1 N–H and O–H groups in total. The average molecular weight is 277 g/mol. The first-order chi connectivity index (χ1) is 9.54. The number of nitro benzene ring substituents is 1. The normalized spacial score (nSPS) is 13.9. The molecular formula is C14H19N3O3. The van der Waals surface area contributed by atoms with E-state index < -0.39 is 4.92 Å². The zero-order valence-corrected chi connectivity index (χ0v) is 11.8. The van der Waals surface area contributed by atoms with Crippen LogP contribution in [0, 0.1) is 16.0 Å². The molecule has 1 fully saturated rings. The number of nitrogens with one attached hydrogen (secondary N) is 1. The standard InChI is InChI=1S/C14H19N3O3/c1-3-15-13-11(5-4-6-12(13)17(19)20)14(18)16(2)9-10-7-8-10/h4-6,10,15H,3,7-9H2,1-2H3. The van der Waals surface area contributed by atoms with Crippen molar-refractivity contribution in [1.82, 2.24) is 4.90 Å². The minimum atomic E-state index is -0.463. The molecule has 1 aromatic rings. The molecule has 0 bridgehead atoms. The summed E-state index contributed by atoms with van der Waals surface area (Å²) in [4.78, 5) is 24.7. The van der Waals surface area contributed by atoms with Crippen molar-refractivity contribution in [1.29, 1.82) is 0 Å². The van der Waals surface area contributed by atoms with Gasteiger partial charge in [-0.3, -0.25) is 14.9 Å². The SMILES string of the molecule is CCNc1c(C(=O)N(C)CC2CC2)cccc1[N+](=O)[O-]. The van der Waals surface area contributed by atoms with Crippen LogP contribution in [0.1, 0.15) is 30.1 Å². The summed E-state index contributed by atoms with van der Waals surface area (Å²) in [6, 6.07) is 4.60. The number of carbonyl (C=O) groups is 1. The fraction of sp³-hybridized carbons (Fsp3) is 0.500. The first kappa shape index (κ1) is 14.3.